The number of hydrogen-bond donors (Lipinski definition) is 1. The van der Waals surface area contributed by atoms with E-state index in [1.807, 2.05) is 13.8 Å². The van der Waals surface area contributed by atoms with Gasteiger partial charge in [0.2, 0.25) is 10.0 Å². The van der Waals surface area contributed by atoms with Crippen molar-refractivity contribution in [2.75, 3.05) is 39.1 Å². The molecule has 164 valence electrons. The van der Waals surface area contributed by atoms with E-state index in [0.717, 1.165) is 12.8 Å². The SMILES string of the molecule is CCCCOc1ccc(C(=O)NCCS(=O)(=O)N2CC(C)OC(C)C2)cc1OC. The number of morpholine rings is 1. The van der Waals surface area contributed by atoms with Gasteiger partial charge in [-0.3, -0.25) is 4.79 Å². The zero-order valence-electron chi connectivity index (χ0n) is 17.6. The van der Waals surface area contributed by atoms with Crippen molar-refractivity contribution in [1.82, 2.24) is 9.62 Å². The predicted octanol–water partition coefficient (Wildman–Crippen LogP) is 2.04. The molecule has 0 radical (unpaired) electrons. The molecule has 1 aromatic rings. The van der Waals surface area contributed by atoms with Gasteiger partial charge in [0.25, 0.3) is 5.91 Å². The van der Waals surface area contributed by atoms with Gasteiger partial charge in [-0.2, -0.15) is 4.31 Å². The molecule has 1 N–H and O–H groups in total. The quantitative estimate of drug-likeness (QED) is 0.573. The van der Waals surface area contributed by atoms with Crippen molar-refractivity contribution in [3.8, 4) is 11.5 Å². The summed E-state index contributed by atoms with van der Waals surface area (Å²) in [6, 6.07) is 4.92. The first-order chi connectivity index (χ1) is 13.8. The fourth-order valence-electron chi connectivity index (χ4n) is 3.14. The van der Waals surface area contributed by atoms with Gasteiger partial charge in [-0.05, 0) is 38.5 Å². The predicted molar refractivity (Wildman–Crippen MR) is 111 cm³/mol. The Morgan fingerprint density at radius 1 is 1.24 bits per heavy atom. The number of ether oxygens (including phenoxy) is 3. The van der Waals surface area contributed by atoms with Crippen LogP contribution in [0.2, 0.25) is 0 Å². The summed E-state index contributed by atoms with van der Waals surface area (Å²) in [5.74, 6) is 0.531. The highest BCUT2D eigenvalue weighted by Crippen LogP contribution is 2.28. The Labute approximate surface area is 173 Å². The number of nitrogens with one attached hydrogen (secondary N) is 1. The van der Waals surface area contributed by atoms with E-state index in [1.165, 1.54) is 11.4 Å². The molecule has 2 atom stereocenters. The van der Waals surface area contributed by atoms with E-state index in [-0.39, 0.29) is 30.4 Å². The molecule has 0 aliphatic carbocycles. The van der Waals surface area contributed by atoms with Gasteiger partial charge >= 0.3 is 0 Å². The van der Waals surface area contributed by atoms with Crippen LogP contribution >= 0.6 is 0 Å². The van der Waals surface area contributed by atoms with Gasteiger partial charge in [-0.25, -0.2) is 8.42 Å². The molecule has 9 heteroatoms. The summed E-state index contributed by atoms with van der Waals surface area (Å²) < 4.78 is 43.1. The van der Waals surface area contributed by atoms with Gasteiger partial charge in [0.05, 0.1) is 31.7 Å². The second-order valence-corrected chi connectivity index (χ2v) is 9.30. The molecule has 1 aromatic carbocycles. The van der Waals surface area contributed by atoms with Crippen LogP contribution in [0.25, 0.3) is 0 Å². The van der Waals surface area contributed by atoms with Crippen molar-refractivity contribution in [3.63, 3.8) is 0 Å². The molecule has 1 amide bonds. The summed E-state index contributed by atoms with van der Waals surface area (Å²) in [4.78, 5) is 12.4. The summed E-state index contributed by atoms with van der Waals surface area (Å²) >= 11 is 0. The Morgan fingerprint density at radius 3 is 2.55 bits per heavy atom. The molecule has 0 bridgehead atoms. The largest absolute Gasteiger partial charge is 0.493 e. The Kier molecular flexibility index (Phi) is 8.73. The van der Waals surface area contributed by atoms with Crippen molar-refractivity contribution in [1.29, 1.82) is 0 Å². The molecule has 2 unspecified atom stereocenters. The molecule has 1 aliphatic rings. The van der Waals surface area contributed by atoms with E-state index in [2.05, 4.69) is 12.2 Å². The smallest absolute Gasteiger partial charge is 0.251 e. The third kappa shape index (κ3) is 6.87. The highest BCUT2D eigenvalue weighted by atomic mass is 32.2. The fourth-order valence-corrected chi connectivity index (χ4v) is 4.63. The molecule has 29 heavy (non-hydrogen) atoms. The molecule has 1 heterocycles. The number of sulfonamides is 1. The number of unbranched alkanes of at least 4 members (excludes halogenated alkanes) is 1. The normalized spacial score (nSPS) is 20.3. The summed E-state index contributed by atoms with van der Waals surface area (Å²) in [6.07, 6.45) is 1.66. The average molecular weight is 429 g/mol. The van der Waals surface area contributed by atoms with E-state index < -0.39 is 10.0 Å². The zero-order valence-corrected chi connectivity index (χ0v) is 18.5. The lowest BCUT2D eigenvalue weighted by molar-refractivity contribution is -0.0440. The van der Waals surface area contributed by atoms with Gasteiger partial charge in [0, 0.05) is 25.2 Å². The molecule has 0 spiro atoms. The third-order valence-electron chi connectivity index (χ3n) is 4.61. The molecule has 0 aromatic heterocycles. The first kappa shape index (κ1) is 23.4. The molecule has 1 saturated heterocycles. The van der Waals surface area contributed by atoms with Crippen LogP contribution in [-0.4, -0.2) is 69.9 Å². The highest BCUT2D eigenvalue weighted by Gasteiger charge is 2.30. The summed E-state index contributed by atoms with van der Waals surface area (Å²) in [5.41, 5.74) is 0.385. The lowest BCUT2D eigenvalue weighted by Crippen LogP contribution is -2.49. The number of rotatable bonds is 10. The average Bonchev–Trinajstić information content (AvgIpc) is 2.67. The first-order valence-electron chi connectivity index (χ1n) is 9.99. The number of nitrogens with zero attached hydrogens (tertiary/aromatic N) is 1. The van der Waals surface area contributed by atoms with Crippen molar-refractivity contribution < 1.29 is 27.4 Å². The fraction of sp³-hybridized carbons (Fsp3) is 0.650. The van der Waals surface area contributed by atoms with E-state index in [9.17, 15) is 13.2 Å². The van der Waals surface area contributed by atoms with Gasteiger partial charge in [0.15, 0.2) is 11.5 Å². The number of benzene rings is 1. The van der Waals surface area contributed by atoms with Gasteiger partial charge in [-0.1, -0.05) is 13.3 Å². The molecular formula is C20H32N2O6S. The van der Waals surface area contributed by atoms with Crippen LogP contribution in [0.15, 0.2) is 18.2 Å². The number of methoxy groups -OCH3 is 1. The maximum Gasteiger partial charge on any atom is 0.251 e. The second-order valence-electron chi connectivity index (χ2n) is 7.21. The van der Waals surface area contributed by atoms with Crippen LogP contribution in [0.4, 0.5) is 0 Å². The molecular weight excluding hydrogens is 396 g/mol. The lowest BCUT2D eigenvalue weighted by atomic mass is 10.2. The van der Waals surface area contributed by atoms with Crippen LogP contribution in [0, 0.1) is 0 Å². The van der Waals surface area contributed by atoms with Crippen LogP contribution in [0.5, 0.6) is 11.5 Å². The van der Waals surface area contributed by atoms with Crippen LogP contribution in [0.1, 0.15) is 44.0 Å². The van der Waals surface area contributed by atoms with Crippen molar-refractivity contribution in [3.05, 3.63) is 23.8 Å². The van der Waals surface area contributed by atoms with Crippen molar-refractivity contribution in [2.24, 2.45) is 0 Å². The van der Waals surface area contributed by atoms with E-state index in [4.69, 9.17) is 14.2 Å². The summed E-state index contributed by atoms with van der Waals surface area (Å²) in [5, 5.41) is 2.67. The minimum atomic E-state index is -3.47. The van der Waals surface area contributed by atoms with E-state index in [0.29, 0.717) is 36.8 Å². The summed E-state index contributed by atoms with van der Waals surface area (Å²) in [6.45, 7) is 7.04. The van der Waals surface area contributed by atoms with E-state index in [1.54, 1.807) is 18.2 Å². The van der Waals surface area contributed by atoms with Crippen LogP contribution < -0.4 is 14.8 Å². The van der Waals surface area contributed by atoms with Crippen molar-refractivity contribution in [2.45, 2.75) is 45.8 Å². The van der Waals surface area contributed by atoms with Gasteiger partial charge < -0.3 is 19.5 Å². The molecule has 2 rings (SSSR count). The number of amides is 1. The van der Waals surface area contributed by atoms with Crippen LogP contribution in [-0.2, 0) is 14.8 Å². The highest BCUT2D eigenvalue weighted by molar-refractivity contribution is 7.89. The van der Waals surface area contributed by atoms with Crippen LogP contribution in [0.3, 0.4) is 0 Å². The third-order valence-corrected chi connectivity index (χ3v) is 6.41. The number of hydrogen-bond acceptors (Lipinski definition) is 6. The first-order valence-corrected chi connectivity index (χ1v) is 11.6. The van der Waals surface area contributed by atoms with Gasteiger partial charge in [0.1, 0.15) is 0 Å². The Morgan fingerprint density at radius 2 is 1.93 bits per heavy atom. The Bertz CT molecular complexity index is 773. The maximum atomic E-state index is 12.5. The van der Waals surface area contributed by atoms with Crippen molar-refractivity contribution >= 4 is 15.9 Å². The standard InChI is InChI=1S/C20H32N2O6S/c1-5-6-10-27-18-8-7-17(12-19(18)26-4)20(23)21-9-11-29(24,25)22-13-15(2)28-16(3)14-22/h7-8,12,15-16H,5-6,9-11,13-14H2,1-4H3,(H,21,23). The topological polar surface area (TPSA) is 94.2 Å². The number of carbonyl (C=O) groups is 1. The maximum absolute atomic E-state index is 12.5. The lowest BCUT2D eigenvalue weighted by Gasteiger charge is -2.34. The Balaban J connectivity index is 1.91. The second kappa shape index (κ2) is 10.8. The minimum Gasteiger partial charge on any atom is -0.493 e. The minimum absolute atomic E-state index is 0.0261. The Hall–Kier alpha value is -1.84. The summed E-state index contributed by atoms with van der Waals surface area (Å²) in [7, 11) is -1.95. The molecule has 8 nitrogen and oxygen atoms in total. The molecule has 1 fully saturated rings. The zero-order chi connectivity index (χ0) is 21.4. The monoisotopic (exact) mass is 428 g/mol. The molecule has 1 aliphatic heterocycles. The van der Waals surface area contributed by atoms with Gasteiger partial charge in [-0.15, -0.1) is 0 Å². The van der Waals surface area contributed by atoms with E-state index >= 15 is 0 Å². The molecule has 0 saturated carbocycles. The number of carbonyl (C=O) groups excluding carboxylic acids is 1.